The number of allylic oxidation sites excluding steroid dienone is 3. The zero-order valence-corrected chi connectivity index (χ0v) is 10.7. The fourth-order valence-electron chi connectivity index (χ4n) is 2.30. The highest BCUT2D eigenvalue weighted by Crippen LogP contribution is 2.25. The number of rotatable bonds is 3. The number of methoxy groups -OCH3 is 1. The van der Waals surface area contributed by atoms with Crippen LogP contribution >= 0.6 is 0 Å². The minimum absolute atomic E-state index is 0.0293. The molecule has 0 amide bonds. The van der Waals surface area contributed by atoms with Crippen LogP contribution in [0.1, 0.15) is 11.1 Å². The first-order valence-corrected chi connectivity index (χ1v) is 6.08. The molecule has 1 aromatic rings. The molecule has 1 nitrogen and oxygen atoms in total. The van der Waals surface area contributed by atoms with Crippen LogP contribution in [-0.2, 0) is 11.2 Å². The largest absolute Gasteiger partial charge is 0.376 e. The molecule has 1 aliphatic carbocycles. The lowest BCUT2D eigenvalue weighted by molar-refractivity contribution is 0.134. The molecule has 1 heteroatoms. The molecule has 1 atom stereocenters. The van der Waals surface area contributed by atoms with Gasteiger partial charge in [0.25, 0.3) is 0 Å². The van der Waals surface area contributed by atoms with Gasteiger partial charge in [-0.25, -0.2) is 0 Å². The minimum Gasteiger partial charge on any atom is -0.376 e. The first-order valence-electron chi connectivity index (χ1n) is 6.08. The first-order chi connectivity index (χ1) is 8.80. The Morgan fingerprint density at radius 2 is 1.94 bits per heavy atom. The summed E-state index contributed by atoms with van der Waals surface area (Å²) >= 11 is 0. The maximum absolute atomic E-state index is 5.61. The monoisotopic (exact) mass is 238 g/mol. The molecule has 1 aliphatic rings. The molecule has 0 aromatic heterocycles. The molecule has 0 saturated heterocycles. The second-order valence-electron chi connectivity index (χ2n) is 4.28. The zero-order valence-electron chi connectivity index (χ0n) is 10.7. The molecule has 0 N–H and O–H groups in total. The lowest BCUT2D eigenvalue weighted by Crippen LogP contribution is -2.18. The topological polar surface area (TPSA) is 9.23 Å². The number of hydrogen-bond donors (Lipinski definition) is 0. The van der Waals surface area contributed by atoms with Crippen molar-refractivity contribution < 1.29 is 4.74 Å². The molecular formula is C17H18O. The summed E-state index contributed by atoms with van der Waals surface area (Å²) in [6.45, 7) is 7.76. The van der Waals surface area contributed by atoms with Gasteiger partial charge in [-0.3, -0.25) is 0 Å². The van der Waals surface area contributed by atoms with Crippen LogP contribution in [0.4, 0.5) is 0 Å². The van der Waals surface area contributed by atoms with E-state index in [1.54, 1.807) is 7.11 Å². The van der Waals surface area contributed by atoms with Crippen molar-refractivity contribution in [2.24, 2.45) is 0 Å². The molecule has 0 spiro atoms. The molecule has 1 aromatic carbocycles. The van der Waals surface area contributed by atoms with E-state index in [0.717, 1.165) is 17.6 Å². The summed E-state index contributed by atoms with van der Waals surface area (Å²) in [6, 6.07) is 8.38. The summed E-state index contributed by atoms with van der Waals surface area (Å²) < 4.78 is 5.61. The second kappa shape index (κ2) is 5.65. The third-order valence-corrected chi connectivity index (χ3v) is 3.31. The van der Waals surface area contributed by atoms with Gasteiger partial charge >= 0.3 is 0 Å². The Kier molecular flexibility index (Phi) is 3.96. The Balaban J connectivity index is 2.56. The van der Waals surface area contributed by atoms with Crippen LogP contribution in [0.15, 0.2) is 66.8 Å². The molecular weight excluding hydrogens is 220 g/mol. The lowest BCUT2D eigenvalue weighted by atomic mass is 9.91. The minimum atomic E-state index is 0.0293. The molecule has 0 radical (unpaired) electrons. The van der Waals surface area contributed by atoms with Crippen molar-refractivity contribution in [3.8, 4) is 0 Å². The highest BCUT2D eigenvalue weighted by atomic mass is 16.5. The summed E-state index contributed by atoms with van der Waals surface area (Å²) in [6.07, 6.45) is 8.81. The fourth-order valence-corrected chi connectivity index (χ4v) is 2.30. The third kappa shape index (κ3) is 2.36. The number of benzene rings is 1. The van der Waals surface area contributed by atoms with Gasteiger partial charge in [-0.2, -0.15) is 0 Å². The number of hydrogen-bond acceptors (Lipinski definition) is 1. The van der Waals surface area contributed by atoms with Gasteiger partial charge in [0.15, 0.2) is 0 Å². The standard InChI is InChI=1S/C17H18O/c1-4-13-10-11-14-8-6-7-9-15(14)12-17(18-3)16(13)5-2/h4-11,17H,1-2,12H2,3H3/b11-10-,16-13-. The van der Waals surface area contributed by atoms with Crippen molar-refractivity contribution in [2.75, 3.05) is 7.11 Å². The second-order valence-corrected chi connectivity index (χ2v) is 4.28. The molecule has 0 saturated carbocycles. The van der Waals surface area contributed by atoms with E-state index < -0.39 is 0 Å². The third-order valence-electron chi connectivity index (χ3n) is 3.31. The van der Waals surface area contributed by atoms with E-state index in [9.17, 15) is 0 Å². The Labute approximate surface area is 109 Å². The SMILES string of the molecule is C=CC1=C(\C=C)C(OC)Cc2ccccc2/C=C\1. The summed E-state index contributed by atoms with van der Waals surface area (Å²) in [5, 5.41) is 0. The molecule has 0 heterocycles. The van der Waals surface area contributed by atoms with Crippen LogP contribution in [0.2, 0.25) is 0 Å². The molecule has 2 rings (SSSR count). The van der Waals surface area contributed by atoms with Gasteiger partial charge in [0.1, 0.15) is 0 Å². The van der Waals surface area contributed by atoms with E-state index in [4.69, 9.17) is 4.74 Å². The van der Waals surface area contributed by atoms with E-state index >= 15 is 0 Å². The molecule has 0 bridgehead atoms. The van der Waals surface area contributed by atoms with Gasteiger partial charge in [0.2, 0.25) is 0 Å². The predicted octanol–water partition coefficient (Wildman–Crippen LogP) is 3.94. The van der Waals surface area contributed by atoms with Crippen molar-refractivity contribution in [3.63, 3.8) is 0 Å². The Bertz CT molecular complexity index is 520. The van der Waals surface area contributed by atoms with Crippen LogP contribution < -0.4 is 0 Å². The smallest absolute Gasteiger partial charge is 0.0867 e. The highest BCUT2D eigenvalue weighted by Gasteiger charge is 2.17. The molecule has 0 fully saturated rings. The van der Waals surface area contributed by atoms with Crippen LogP contribution in [0, 0.1) is 0 Å². The predicted molar refractivity (Wildman–Crippen MR) is 77.4 cm³/mol. The van der Waals surface area contributed by atoms with Gasteiger partial charge in [-0.15, -0.1) is 0 Å². The summed E-state index contributed by atoms with van der Waals surface area (Å²) in [5.74, 6) is 0. The van der Waals surface area contributed by atoms with E-state index in [2.05, 4.69) is 49.6 Å². The maximum Gasteiger partial charge on any atom is 0.0867 e. The molecule has 0 aliphatic heterocycles. The summed E-state index contributed by atoms with van der Waals surface area (Å²) in [4.78, 5) is 0. The molecule has 92 valence electrons. The average Bonchev–Trinajstić information content (AvgIpc) is 2.40. The summed E-state index contributed by atoms with van der Waals surface area (Å²) in [5.41, 5.74) is 4.70. The van der Waals surface area contributed by atoms with Crippen molar-refractivity contribution >= 4 is 6.08 Å². The molecule has 18 heavy (non-hydrogen) atoms. The van der Waals surface area contributed by atoms with Crippen molar-refractivity contribution in [1.82, 2.24) is 0 Å². The average molecular weight is 238 g/mol. The Morgan fingerprint density at radius 1 is 1.17 bits per heavy atom. The van der Waals surface area contributed by atoms with Gasteiger partial charge in [0, 0.05) is 13.5 Å². The molecule has 1 unspecified atom stereocenters. The first kappa shape index (κ1) is 12.6. The Morgan fingerprint density at radius 3 is 2.61 bits per heavy atom. The van der Waals surface area contributed by atoms with E-state index in [0.29, 0.717) is 0 Å². The van der Waals surface area contributed by atoms with E-state index in [-0.39, 0.29) is 6.10 Å². The zero-order chi connectivity index (χ0) is 13.0. The lowest BCUT2D eigenvalue weighted by Gasteiger charge is -2.21. The number of fused-ring (bicyclic) bond motifs is 1. The van der Waals surface area contributed by atoms with Crippen molar-refractivity contribution in [3.05, 3.63) is 77.9 Å². The van der Waals surface area contributed by atoms with Crippen molar-refractivity contribution in [1.29, 1.82) is 0 Å². The van der Waals surface area contributed by atoms with Crippen LogP contribution in [-0.4, -0.2) is 13.2 Å². The van der Waals surface area contributed by atoms with Gasteiger partial charge < -0.3 is 4.74 Å². The van der Waals surface area contributed by atoms with Gasteiger partial charge in [-0.1, -0.05) is 61.7 Å². The Hall–Kier alpha value is -1.86. The van der Waals surface area contributed by atoms with E-state index in [1.807, 2.05) is 12.2 Å². The van der Waals surface area contributed by atoms with Crippen LogP contribution in [0.25, 0.3) is 6.08 Å². The van der Waals surface area contributed by atoms with Crippen LogP contribution in [0.5, 0.6) is 0 Å². The van der Waals surface area contributed by atoms with Crippen LogP contribution in [0.3, 0.4) is 0 Å². The fraction of sp³-hybridized carbons (Fsp3) is 0.176. The number of ether oxygens (including phenoxy) is 1. The normalized spacial score (nSPS) is 24.6. The van der Waals surface area contributed by atoms with Crippen molar-refractivity contribution in [2.45, 2.75) is 12.5 Å². The van der Waals surface area contributed by atoms with Gasteiger partial charge in [-0.05, 0) is 22.3 Å². The quantitative estimate of drug-likeness (QED) is 0.775. The van der Waals surface area contributed by atoms with E-state index in [1.165, 1.54) is 11.1 Å². The highest BCUT2D eigenvalue weighted by molar-refractivity contribution is 5.61. The van der Waals surface area contributed by atoms with Gasteiger partial charge in [0.05, 0.1) is 6.10 Å². The maximum atomic E-state index is 5.61. The summed E-state index contributed by atoms with van der Waals surface area (Å²) in [7, 11) is 1.74.